The van der Waals surface area contributed by atoms with Gasteiger partial charge in [0.1, 0.15) is 11.6 Å². The Morgan fingerprint density at radius 3 is 2.83 bits per heavy atom. The van der Waals surface area contributed by atoms with Gasteiger partial charge < -0.3 is 15.0 Å². The number of methoxy groups -OCH3 is 1. The molecule has 152 valence electrons. The molecule has 2 aliphatic heterocycles. The van der Waals surface area contributed by atoms with Gasteiger partial charge in [-0.25, -0.2) is 9.18 Å². The van der Waals surface area contributed by atoms with Gasteiger partial charge in [0.25, 0.3) is 5.91 Å². The normalized spacial score (nSPS) is 20.3. The number of hydrogen-bond acceptors (Lipinski definition) is 4. The van der Waals surface area contributed by atoms with Gasteiger partial charge in [0.05, 0.1) is 19.3 Å². The Balaban J connectivity index is 1.82. The van der Waals surface area contributed by atoms with E-state index in [4.69, 9.17) is 4.74 Å². The van der Waals surface area contributed by atoms with E-state index in [-0.39, 0.29) is 24.3 Å². The zero-order chi connectivity index (χ0) is 20.6. The van der Waals surface area contributed by atoms with Gasteiger partial charge in [-0.1, -0.05) is 18.2 Å². The van der Waals surface area contributed by atoms with Crippen molar-refractivity contribution >= 4 is 29.4 Å². The molecule has 4 rings (SSSR count). The maximum Gasteiger partial charge on any atom is 0.319 e. The van der Waals surface area contributed by atoms with Crippen molar-refractivity contribution in [2.45, 2.75) is 18.3 Å². The number of fused-ring (bicyclic) bond motifs is 2. The minimum atomic E-state index is -1.17. The topological polar surface area (TPSA) is 61.9 Å². The molecule has 0 saturated carbocycles. The molecule has 2 aromatic carbocycles. The third kappa shape index (κ3) is 3.02. The van der Waals surface area contributed by atoms with Crippen LogP contribution in [0.3, 0.4) is 0 Å². The zero-order valence-electron chi connectivity index (χ0n) is 16.3. The largest absolute Gasteiger partial charge is 0.497 e. The summed E-state index contributed by atoms with van der Waals surface area (Å²) in [4.78, 5) is 28.5. The Morgan fingerprint density at radius 2 is 2.10 bits per heavy atom. The number of nitrogens with zero attached hydrogens (tertiary/aromatic N) is 2. The Bertz CT molecular complexity index is 970. The zero-order valence-corrected chi connectivity index (χ0v) is 17.1. The van der Waals surface area contributed by atoms with Crippen molar-refractivity contribution in [1.29, 1.82) is 0 Å². The lowest BCUT2D eigenvalue weighted by atomic mass is 10.1. The summed E-state index contributed by atoms with van der Waals surface area (Å²) in [6, 6.07) is 11.5. The highest BCUT2D eigenvalue weighted by molar-refractivity contribution is 8.01. The third-order valence-electron chi connectivity index (χ3n) is 5.26. The molecule has 1 N–H and O–H groups in total. The predicted octanol–water partition coefficient (Wildman–Crippen LogP) is 3.31. The molecule has 0 aromatic heterocycles. The average Bonchev–Trinajstić information content (AvgIpc) is 3.27. The van der Waals surface area contributed by atoms with Crippen LogP contribution < -0.4 is 15.0 Å². The third-order valence-corrected chi connectivity index (χ3v) is 6.68. The fourth-order valence-corrected chi connectivity index (χ4v) is 5.37. The number of halogens is 1. The average molecular weight is 415 g/mol. The molecule has 2 aromatic rings. The molecule has 2 heterocycles. The molecular formula is C21H22FN3O3S. The number of rotatable bonds is 4. The van der Waals surface area contributed by atoms with Crippen LogP contribution >= 0.6 is 11.8 Å². The van der Waals surface area contributed by atoms with Gasteiger partial charge in [-0.2, -0.15) is 0 Å². The minimum absolute atomic E-state index is 0.0936. The first-order valence-electron chi connectivity index (χ1n) is 9.46. The molecule has 0 aliphatic carbocycles. The summed E-state index contributed by atoms with van der Waals surface area (Å²) in [6.45, 7) is 2.85. The molecule has 2 aliphatic rings. The number of hydrogen-bond donors (Lipinski definition) is 1. The number of thioether (sulfide) groups is 1. The standard InChI is InChI=1S/C21H22FN3O3S/c1-3-23-20(27)25-10-11-29-21(25)16-12-15(28-2)8-9-18(16)24(19(21)26)13-14-6-4-5-7-17(14)22/h4-9,12H,3,10-11,13H2,1-2H3,(H,23,27). The van der Waals surface area contributed by atoms with E-state index < -0.39 is 4.87 Å². The maximum absolute atomic E-state index is 14.3. The van der Waals surface area contributed by atoms with Crippen molar-refractivity contribution in [3.8, 4) is 5.75 Å². The predicted molar refractivity (Wildman–Crippen MR) is 110 cm³/mol. The summed E-state index contributed by atoms with van der Waals surface area (Å²) < 4.78 is 19.7. The number of carbonyl (C=O) groups is 2. The number of urea groups is 1. The lowest BCUT2D eigenvalue weighted by Gasteiger charge is -2.33. The van der Waals surface area contributed by atoms with Crippen LogP contribution in [0.5, 0.6) is 5.75 Å². The van der Waals surface area contributed by atoms with Crippen LogP contribution in [0.25, 0.3) is 0 Å². The molecule has 1 unspecified atom stereocenters. The summed E-state index contributed by atoms with van der Waals surface area (Å²) in [5.41, 5.74) is 1.79. The number of benzene rings is 2. The molecule has 1 atom stereocenters. The van der Waals surface area contributed by atoms with Crippen molar-refractivity contribution in [2.75, 3.05) is 30.9 Å². The first-order valence-corrected chi connectivity index (χ1v) is 10.4. The van der Waals surface area contributed by atoms with Crippen LogP contribution in [-0.2, 0) is 16.2 Å². The van der Waals surface area contributed by atoms with Crippen molar-refractivity contribution in [2.24, 2.45) is 0 Å². The van der Waals surface area contributed by atoms with Gasteiger partial charge in [-0.05, 0) is 31.2 Å². The van der Waals surface area contributed by atoms with Crippen LogP contribution in [0, 0.1) is 5.82 Å². The van der Waals surface area contributed by atoms with E-state index in [1.807, 2.05) is 6.92 Å². The molecule has 6 nitrogen and oxygen atoms in total. The van der Waals surface area contributed by atoms with Gasteiger partial charge in [-0.3, -0.25) is 9.69 Å². The van der Waals surface area contributed by atoms with E-state index >= 15 is 0 Å². The second-order valence-electron chi connectivity index (χ2n) is 6.85. The first-order chi connectivity index (χ1) is 14.0. The van der Waals surface area contributed by atoms with Gasteiger partial charge in [0.2, 0.25) is 0 Å². The fraction of sp³-hybridized carbons (Fsp3) is 0.333. The van der Waals surface area contributed by atoms with Crippen LogP contribution in [0.1, 0.15) is 18.1 Å². The highest BCUT2D eigenvalue weighted by Gasteiger charge is 2.59. The fourth-order valence-electron chi connectivity index (χ4n) is 3.92. The van der Waals surface area contributed by atoms with E-state index in [9.17, 15) is 14.0 Å². The first kappa shape index (κ1) is 19.6. The maximum atomic E-state index is 14.3. The van der Waals surface area contributed by atoms with Gasteiger partial charge in [0, 0.05) is 30.0 Å². The second-order valence-corrected chi connectivity index (χ2v) is 8.13. The molecule has 1 saturated heterocycles. The number of amides is 3. The van der Waals surface area contributed by atoms with Crippen molar-refractivity contribution in [3.63, 3.8) is 0 Å². The quantitative estimate of drug-likeness (QED) is 0.832. The lowest BCUT2D eigenvalue weighted by molar-refractivity contribution is -0.123. The minimum Gasteiger partial charge on any atom is -0.497 e. The molecule has 0 radical (unpaired) electrons. The lowest BCUT2D eigenvalue weighted by Crippen LogP contribution is -2.53. The summed E-state index contributed by atoms with van der Waals surface area (Å²) in [7, 11) is 1.56. The number of anilines is 1. The van der Waals surface area contributed by atoms with Crippen LogP contribution in [0.15, 0.2) is 42.5 Å². The molecule has 0 bridgehead atoms. The summed E-state index contributed by atoms with van der Waals surface area (Å²) in [5, 5.41) is 2.80. The number of ether oxygens (including phenoxy) is 1. The Hall–Kier alpha value is -2.74. The molecule has 3 amide bonds. The molecule has 8 heteroatoms. The second kappa shape index (κ2) is 7.59. The summed E-state index contributed by atoms with van der Waals surface area (Å²) >= 11 is 1.43. The van der Waals surface area contributed by atoms with E-state index in [0.717, 1.165) is 0 Å². The molecular weight excluding hydrogens is 393 g/mol. The van der Waals surface area contributed by atoms with Gasteiger partial charge in [0.15, 0.2) is 4.87 Å². The van der Waals surface area contributed by atoms with Crippen molar-refractivity contribution in [3.05, 3.63) is 59.4 Å². The Morgan fingerprint density at radius 1 is 1.31 bits per heavy atom. The van der Waals surface area contributed by atoms with Crippen LogP contribution in [-0.4, -0.2) is 42.8 Å². The van der Waals surface area contributed by atoms with Gasteiger partial charge in [-0.15, -0.1) is 11.8 Å². The van der Waals surface area contributed by atoms with Gasteiger partial charge >= 0.3 is 6.03 Å². The molecule has 1 spiro atoms. The highest BCUT2D eigenvalue weighted by Crippen LogP contribution is 2.55. The summed E-state index contributed by atoms with van der Waals surface area (Å²) in [5.74, 6) is 0.633. The summed E-state index contributed by atoms with van der Waals surface area (Å²) in [6.07, 6.45) is 0. The van der Waals surface area contributed by atoms with E-state index in [2.05, 4.69) is 5.32 Å². The molecule has 1 fully saturated rings. The SMILES string of the molecule is CCNC(=O)N1CCSC12C(=O)N(Cc1ccccc1F)c1ccc(OC)cc12. The van der Waals surface area contributed by atoms with E-state index in [1.54, 1.807) is 53.3 Å². The van der Waals surface area contributed by atoms with E-state index in [0.29, 0.717) is 41.4 Å². The monoisotopic (exact) mass is 415 g/mol. The van der Waals surface area contributed by atoms with Crippen molar-refractivity contribution in [1.82, 2.24) is 10.2 Å². The Labute approximate surface area is 173 Å². The number of nitrogens with one attached hydrogen (secondary N) is 1. The van der Waals surface area contributed by atoms with Crippen LogP contribution in [0.2, 0.25) is 0 Å². The van der Waals surface area contributed by atoms with Crippen LogP contribution in [0.4, 0.5) is 14.9 Å². The molecule has 29 heavy (non-hydrogen) atoms. The highest BCUT2D eigenvalue weighted by atomic mass is 32.2. The smallest absolute Gasteiger partial charge is 0.319 e. The van der Waals surface area contributed by atoms with Crippen molar-refractivity contribution < 1.29 is 18.7 Å². The number of carbonyl (C=O) groups excluding carboxylic acids is 2. The Kier molecular flexibility index (Phi) is 5.12. The van der Waals surface area contributed by atoms with E-state index in [1.165, 1.54) is 17.8 Å².